The molecule has 1 aliphatic rings. The highest BCUT2D eigenvalue weighted by Crippen LogP contribution is 2.09. The fraction of sp³-hybridized carbons (Fsp3) is 0.375. The van der Waals surface area contributed by atoms with Crippen LogP contribution in [0.15, 0.2) is 29.7 Å². The molecule has 0 amide bonds. The first-order chi connectivity index (χ1) is 5.24. The Hall–Kier alpha value is -1.25. The molecule has 0 aromatic rings. The van der Waals surface area contributed by atoms with Gasteiger partial charge >= 0.3 is 0 Å². The van der Waals surface area contributed by atoms with Crippen molar-refractivity contribution in [2.24, 2.45) is 10.7 Å². The van der Waals surface area contributed by atoms with Gasteiger partial charge in [-0.15, -0.1) is 0 Å². The number of rotatable bonds is 2. The molecule has 1 heterocycles. The van der Waals surface area contributed by atoms with Gasteiger partial charge < -0.3 is 10.6 Å². The van der Waals surface area contributed by atoms with E-state index in [1.165, 1.54) is 0 Å². The maximum absolute atomic E-state index is 5.46. The van der Waals surface area contributed by atoms with E-state index < -0.39 is 0 Å². The van der Waals surface area contributed by atoms with Gasteiger partial charge in [0.15, 0.2) is 0 Å². The number of nitrogens with two attached hydrogens (primary N) is 1. The zero-order chi connectivity index (χ0) is 8.27. The van der Waals surface area contributed by atoms with Gasteiger partial charge in [-0.3, -0.25) is 0 Å². The normalized spacial score (nSPS) is 17.0. The van der Waals surface area contributed by atoms with Crippen molar-refractivity contribution in [2.45, 2.75) is 13.3 Å². The first-order valence-corrected chi connectivity index (χ1v) is 3.72. The summed E-state index contributed by atoms with van der Waals surface area (Å²) in [5.74, 6) is 1.26. The van der Waals surface area contributed by atoms with Crippen LogP contribution in [0, 0.1) is 0 Å². The van der Waals surface area contributed by atoms with Crippen LogP contribution in [0.1, 0.15) is 13.3 Å². The zero-order valence-electron chi connectivity index (χ0n) is 6.75. The molecule has 0 radical (unpaired) electrons. The summed E-state index contributed by atoms with van der Waals surface area (Å²) in [4.78, 5) is 6.00. The second kappa shape index (κ2) is 3.23. The van der Waals surface area contributed by atoms with Crippen molar-refractivity contribution in [2.75, 3.05) is 6.54 Å². The molecule has 0 saturated carbocycles. The van der Waals surface area contributed by atoms with E-state index in [9.17, 15) is 0 Å². The van der Waals surface area contributed by atoms with Crippen LogP contribution in [-0.4, -0.2) is 17.3 Å². The summed E-state index contributed by atoms with van der Waals surface area (Å²) in [6.07, 6.45) is 4.78. The van der Waals surface area contributed by atoms with Crippen LogP contribution >= 0.6 is 0 Å². The third kappa shape index (κ3) is 1.83. The molecule has 0 bridgehead atoms. The summed E-state index contributed by atoms with van der Waals surface area (Å²) in [5, 5.41) is 0. The topological polar surface area (TPSA) is 41.6 Å². The molecule has 0 spiro atoms. The molecule has 3 nitrogen and oxygen atoms in total. The number of hydrogen-bond acceptors (Lipinski definition) is 3. The molecule has 1 rings (SSSR count). The van der Waals surface area contributed by atoms with Crippen LogP contribution in [-0.2, 0) is 0 Å². The standard InChI is InChI=1S/C8H13N3/c1-3-5-11-6-4-8(9)10-7(11)2/h4,6H,2-3,5H2,1H3,(H2,9,10). The fourth-order valence-electron chi connectivity index (χ4n) is 0.947. The van der Waals surface area contributed by atoms with Crippen LogP contribution in [0.3, 0.4) is 0 Å². The van der Waals surface area contributed by atoms with Crippen LogP contribution in [0.25, 0.3) is 0 Å². The average molecular weight is 151 g/mol. The molecule has 11 heavy (non-hydrogen) atoms. The van der Waals surface area contributed by atoms with E-state index in [0.29, 0.717) is 5.84 Å². The molecule has 0 unspecified atom stereocenters. The van der Waals surface area contributed by atoms with E-state index >= 15 is 0 Å². The van der Waals surface area contributed by atoms with Gasteiger partial charge in [0.25, 0.3) is 0 Å². The van der Waals surface area contributed by atoms with E-state index in [0.717, 1.165) is 18.8 Å². The number of nitrogens with zero attached hydrogens (tertiary/aromatic N) is 2. The summed E-state index contributed by atoms with van der Waals surface area (Å²) in [7, 11) is 0. The minimum Gasteiger partial charge on any atom is -0.384 e. The lowest BCUT2D eigenvalue weighted by Gasteiger charge is -2.21. The summed E-state index contributed by atoms with van der Waals surface area (Å²) in [6, 6.07) is 0. The Bertz CT molecular complexity index is 215. The fourth-order valence-corrected chi connectivity index (χ4v) is 0.947. The molecule has 1 aliphatic heterocycles. The summed E-state index contributed by atoms with van der Waals surface area (Å²) in [6.45, 7) is 6.84. The Kier molecular flexibility index (Phi) is 2.31. The predicted molar refractivity (Wildman–Crippen MR) is 46.9 cm³/mol. The highest BCUT2D eigenvalue weighted by Gasteiger charge is 2.05. The molecule has 0 saturated heterocycles. The van der Waals surface area contributed by atoms with Crippen molar-refractivity contribution in [3.05, 3.63) is 24.7 Å². The van der Waals surface area contributed by atoms with Gasteiger partial charge in [-0.25, -0.2) is 4.99 Å². The van der Waals surface area contributed by atoms with E-state index in [1.54, 1.807) is 6.08 Å². The molecular formula is C8H13N3. The SMILES string of the molecule is C=C1N=C(N)C=CN1CCC. The Balaban J connectivity index is 2.62. The minimum atomic E-state index is 0.530. The Morgan fingerprint density at radius 1 is 1.73 bits per heavy atom. The quantitative estimate of drug-likeness (QED) is 0.641. The van der Waals surface area contributed by atoms with E-state index in [4.69, 9.17) is 5.73 Å². The molecule has 60 valence electrons. The molecule has 3 heteroatoms. The highest BCUT2D eigenvalue weighted by molar-refractivity contribution is 5.92. The number of amidine groups is 1. The van der Waals surface area contributed by atoms with Gasteiger partial charge in [-0.1, -0.05) is 13.5 Å². The molecular weight excluding hydrogens is 138 g/mol. The van der Waals surface area contributed by atoms with Crippen molar-refractivity contribution in [1.82, 2.24) is 4.90 Å². The minimum absolute atomic E-state index is 0.530. The van der Waals surface area contributed by atoms with Crippen molar-refractivity contribution in [3.63, 3.8) is 0 Å². The number of hydrogen-bond donors (Lipinski definition) is 1. The lowest BCUT2D eigenvalue weighted by Crippen LogP contribution is -2.23. The first-order valence-electron chi connectivity index (χ1n) is 3.72. The zero-order valence-corrected chi connectivity index (χ0v) is 6.75. The van der Waals surface area contributed by atoms with Crippen LogP contribution in [0.4, 0.5) is 0 Å². The van der Waals surface area contributed by atoms with Gasteiger partial charge in [0.2, 0.25) is 0 Å². The second-order valence-electron chi connectivity index (χ2n) is 2.46. The van der Waals surface area contributed by atoms with Crippen molar-refractivity contribution >= 4 is 5.84 Å². The smallest absolute Gasteiger partial charge is 0.127 e. The predicted octanol–water partition coefficient (Wildman–Crippen LogP) is 1.05. The van der Waals surface area contributed by atoms with Gasteiger partial charge in [0.1, 0.15) is 11.7 Å². The molecule has 0 aromatic heterocycles. The Labute approximate surface area is 66.9 Å². The van der Waals surface area contributed by atoms with Crippen molar-refractivity contribution < 1.29 is 0 Å². The Morgan fingerprint density at radius 3 is 3.00 bits per heavy atom. The van der Waals surface area contributed by atoms with Gasteiger partial charge in [-0.05, 0) is 12.5 Å². The van der Waals surface area contributed by atoms with Gasteiger partial charge in [-0.2, -0.15) is 0 Å². The summed E-state index contributed by atoms with van der Waals surface area (Å²) in [5.41, 5.74) is 5.46. The van der Waals surface area contributed by atoms with E-state index in [-0.39, 0.29) is 0 Å². The molecule has 0 atom stereocenters. The van der Waals surface area contributed by atoms with E-state index in [1.807, 2.05) is 11.1 Å². The third-order valence-electron chi connectivity index (χ3n) is 1.48. The number of aliphatic imine (C=N–C) groups is 1. The lowest BCUT2D eigenvalue weighted by atomic mass is 10.4. The van der Waals surface area contributed by atoms with Gasteiger partial charge in [0.05, 0.1) is 0 Å². The molecule has 0 fully saturated rings. The second-order valence-corrected chi connectivity index (χ2v) is 2.46. The largest absolute Gasteiger partial charge is 0.384 e. The van der Waals surface area contributed by atoms with Crippen LogP contribution in [0.2, 0.25) is 0 Å². The van der Waals surface area contributed by atoms with Crippen molar-refractivity contribution in [1.29, 1.82) is 0 Å². The van der Waals surface area contributed by atoms with Crippen LogP contribution in [0.5, 0.6) is 0 Å². The summed E-state index contributed by atoms with van der Waals surface area (Å²) < 4.78 is 0. The van der Waals surface area contributed by atoms with Crippen LogP contribution < -0.4 is 5.73 Å². The maximum Gasteiger partial charge on any atom is 0.127 e. The molecule has 0 aliphatic carbocycles. The van der Waals surface area contributed by atoms with E-state index in [2.05, 4.69) is 18.5 Å². The molecule has 0 aromatic carbocycles. The third-order valence-corrected chi connectivity index (χ3v) is 1.48. The van der Waals surface area contributed by atoms with Gasteiger partial charge in [0, 0.05) is 12.7 Å². The Morgan fingerprint density at radius 2 is 2.45 bits per heavy atom. The molecule has 2 N–H and O–H groups in total. The van der Waals surface area contributed by atoms with Crippen molar-refractivity contribution in [3.8, 4) is 0 Å². The maximum atomic E-state index is 5.46. The monoisotopic (exact) mass is 151 g/mol. The first kappa shape index (κ1) is 7.85. The summed E-state index contributed by atoms with van der Waals surface area (Å²) >= 11 is 0. The lowest BCUT2D eigenvalue weighted by molar-refractivity contribution is 0.456. The highest BCUT2D eigenvalue weighted by atomic mass is 15.2. The average Bonchev–Trinajstić information content (AvgIpc) is 1.95.